The van der Waals surface area contributed by atoms with Crippen LogP contribution in [0.2, 0.25) is 5.02 Å². The third-order valence-corrected chi connectivity index (χ3v) is 6.90. The van der Waals surface area contributed by atoms with Crippen LogP contribution in [0.5, 0.6) is 0 Å². The van der Waals surface area contributed by atoms with E-state index >= 15 is 0 Å². The number of hydrogen-bond donors (Lipinski definition) is 1. The van der Waals surface area contributed by atoms with E-state index < -0.39 is 16.0 Å². The van der Waals surface area contributed by atoms with Crippen molar-refractivity contribution in [1.82, 2.24) is 4.31 Å². The number of carbonyl (C=O) groups is 1. The van der Waals surface area contributed by atoms with Crippen molar-refractivity contribution in [2.75, 3.05) is 7.05 Å². The highest BCUT2D eigenvalue weighted by Crippen LogP contribution is 2.33. The Morgan fingerprint density at radius 1 is 1.38 bits per heavy atom. The molecule has 8 heteroatoms. The summed E-state index contributed by atoms with van der Waals surface area (Å²) >= 11 is 8.99. The quantitative estimate of drug-likeness (QED) is 0.847. The number of nitrogens with zero attached hydrogens (tertiary/aromatic N) is 1. The number of hydrogen-bond acceptors (Lipinski definition) is 3. The van der Waals surface area contributed by atoms with Crippen molar-refractivity contribution in [2.45, 2.75) is 36.6 Å². The zero-order chi connectivity index (χ0) is 15.8. The van der Waals surface area contributed by atoms with Gasteiger partial charge in [0, 0.05) is 17.6 Å². The Labute approximate surface area is 137 Å². The lowest BCUT2D eigenvalue weighted by atomic mass is 10.2. The molecule has 1 N–H and O–H groups in total. The van der Waals surface area contributed by atoms with E-state index in [1.165, 1.54) is 17.4 Å². The highest BCUT2D eigenvalue weighted by molar-refractivity contribution is 9.10. The van der Waals surface area contributed by atoms with Gasteiger partial charge in [0.1, 0.15) is 0 Å². The Hall–Kier alpha value is -0.630. The molecule has 1 aliphatic carbocycles. The van der Waals surface area contributed by atoms with Crippen LogP contribution in [-0.2, 0) is 10.0 Å². The summed E-state index contributed by atoms with van der Waals surface area (Å²) in [6.07, 6.45) is 3.68. The molecule has 0 radical (unpaired) electrons. The van der Waals surface area contributed by atoms with E-state index in [-0.39, 0.29) is 26.0 Å². The fourth-order valence-corrected chi connectivity index (χ4v) is 4.77. The maximum Gasteiger partial charge on any atom is 0.337 e. The van der Waals surface area contributed by atoms with Gasteiger partial charge in [0.2, 0.25) is 10.0 Å². The van der Waals surface area contributed by atoms with Gasteiger partial charge in [-0.15, -0.1) is 0 Å². The van der Waals surface area contributed by atoms with Crippen LogP contribution >= 0.6 is 27.5 Å². The molecule has 0 aromatic heterocycles. The standard InChI is InChI=1S/C13H15BrClNO4S/c1-16(8-4-2-3-5-8)21(19,20)9-6-10(13(17)18)12(15)11(14)7-9/h6-8H,2-5H2,1H3,(H,17,18). The molecule has 5 nitrogen and oxygen atoms in total. The van der Waals surface area contributed by atoms with E-state index in [0.29, 0.717) is 0 Å². The van der Waals surface area contributed by atoms with Crippen LogP contribution in [0.3, 0.4) is 0 Å². The van der Waals surface area contributed by atoms with E-state index in [9.17, 15) is 13.2 Å². The monoisotopic (exact) mass is 395 g/mol. The molecular weight excluding hydrogens is 382 g/mol. The van der Waals surface area contributed by atoms with Crippen LogP contribution in [0.15, 0.2) is 21.5 Å². The average molecular weight is 397 g/mol. The Kier molecular flexibility index (Phi) is 4.97. The van der Waals surface area contributed by atoms with E-state index in [1.807, 2.05) is 0 Å². The predicted molar refractivity (Wildman–Crippen MR) is 83.3 cm³/mol. The van der Waals surface area contributed by atoms with Gasteiger partial charge in [0.25, 0.3) is 0 Å². The maximum atomic E-state index is 12.6. The molecule has 0 aliphatic heterocycles. The van der Waals surface area contributed by atoms with Gasteiger partial charge in [-0.05, 0) is 40.9 Å². The van der Waals surface area contributed by atoms with Crippen molar-refractivity contribution in [3.05, 3.63) is 27.2 Å². The summed E-state index contributed by atoms with van der Waals surface area (Å²) in [5.41, 5.74) is -0.232. The largest absolute Gasteiger partial charge is 0.478 e. The van der Waals surface area contributed by atoms with Crippen LogP contribution < -0.4 is 0 Å². The zero-order valence-corrected chi connectivity index (χ0v) is 14.5. The molecule has 0 bridgehead atoms. The van der Waals surface area contributed by atoms with Gasteiger partial charge < -0.3 is 5.11 Å². The Morgan fingerprint density at radius 2 is 1.95 bits per heavy atom. The van der Waals surface area contributed by atoms with Gasteiger partial charge in [0.15, 0.2) is 0 Å². The van der Waals surface area contributed by atoms with Crippen molar-refractivity contribution in [2.24, 2.45) is 0 Å². The molecule has 0 saturated heterocycles. The third-order valence-electron chi connectivity index (χ3n) is 3.75. The minimum absolute atomic E-state index is 0.00929. The highest BCUT2D eigenvalue weighted by atomic mass is 79.9. The maximum absolute atomic E-state index is 12.6. The molecule has 0 atom stereocenters. The molecule has 2 rings (SSSR count). The van der Waals surface area contributed by atoms with Gasteiger partial charge in [-0.3, -0.25) is 0 Å². The fraction of sp³-hybridized carbons (Fsp3) is 0.462. The second kappa shape index (κ2) is 6.24. The summed E-state index contributed by atoms with van der Waals surface area (Å²) in [6, 6.07) is 2.42. The summed E-state index contributed by atoms with van der Waals surface area (Å²) in [5.74, 6) is -1.26. The van der Waals surface area contributed by atoms with E-state index in [1.54, 1.807) is 0 Å². The molecule has 0 amide bonds. The average Bonchev–Trinajstić information content (AvgIpc) is 2.94. The number of halogens is 2. The van der Waals surface area contributed by atoms with Crippen molar-refractivity contribution >= 4 is 43.5 Å². The van der Waals surface area contributed by atoms with Gasteiger partial charge in [-0.25, -0.2) is 13.2 Å². The second-order valence-electron chi connectivity index (χ2n) is 5.03. The number of sulfonamides is 1. The molecular formula is C13H15BrClNO4S. The van der Waals surface area contributed by atoms with Gasteiger partial charge in [0.05, 0.1) is 15.5 Å². The molecule has 21 heavy (non-hydrogen) atoms. The number of carboxylic acids is 1. The minimum atomic E-state index is -3.74. The summed E-state index contributed by atoms with van der Waals surface area (Å²) in [6.45, 7) is 0. The van der Waals surface area contributed by atoms with Crippen molar-refractivity contribution in [1.29, 1.82) is 0 Å². The Bertz CT molecular complexity index is 671. The third kappa shape index (κ3) is 3.26. The normalized spacial score (nSPS) is 16.6. The molecule has 1 aliphatic rings. The van der Waals surface area contributed by atoms with Gasteiger partial charge in [-0.1, -0.05) is 24.4 Å². The Morgan fingerprint density at radius 3 is 2.48 bits per heavy atom. The topological polar surface area (TPSA) is 74.7 Å². The van der Waals surface area contributed by atoms with Crippen molar-refractivity contribution in [3.63, 3.8) is 0 Å². The molecule has 0 heterocycles. The van der Waals surface area contributed by atoms with E-state index in [4.69, 9.17) is 16.7 Å². The summed E-state index contributed by atoms with van der Waals surface area (Å²) in [7, 11) is -2.20. The zero-order valence-electron chi connectivity index (χ0n) is 11.3. The minimum Gasteiger partial charge on any atom is -0.478 e. The van der Waals surface area contributed by atoms with Crippen LogP contribution in [0.25, 0.3) is 0 Å². The van der Waals surface area contributed by atoms with E-state index in [0.717, 1.165) is 31.7 Å². The van der Waals surface area contributed by atoms with Gasteiger partial charge in [-0.2, -0.15) is 4.31 Å². The lowest BCUT2D eigenvalue weighted by Gasteiger charge is -2.24. The first-order valence-corrected chi connectivity index (χ1v) is 9.06. The van der Waals surface area contributed by atoms with Crippen molar-refractivity contribution in [3.8, 4) is 0 Å². The smallest absolute Gasteiger partial charge is 0.337 e. The first-order chi connectivity index (χ1) is 9.75. The first-order valence-electron chi connectivity index (χ1n) is 6.45. The molecule has 1 fully saturated rings. The van der Waals surface area contributed by atoms with Crippen LogP contribution in [0, 0.1) is 0 Å². The SMILES string of the molecule is CN(C1CCCC1)S(=O)(=O)c1cc(Br)c(Cl)c(C(=O)O)c1. The number of aromatic carboxylic acids is 1. The van der Waals surface area contributed by atoms with Crippen LogP contribution in [-0.4, -0.2) is 36.9 Å². The molecule has 0 unspecified atom stereocenters. The predicted octanol–water partition coefficient (Wildman–Crippen LogP) is 3.36. The summed E-state index contributed by atoms with van der Waals surface area (Å²) < 4.78 is 26.8. The summed E-state index contributed by atoms with van der Waals surface area (Å²) in [4.78, 5) is 11.1. The highest BCUT2D eigenvalue weighted by Gasteiger charge is 2.31. The fourth-order valence-electron chi connectivity index (χ4n) is 2.50. The molecule has 116 valence electrons. The van der Waals surface area contributed by atoms with Crippen LogP contribution in [0.4, 0.5) is 0 Å². The van der Waals surface area contributed by atoms with Crippen molar-refractivity contribution < 1.29 is 18.3 Å². The summed E-state index contributed by atoms with van der Waals surface area (Å²) in [5, 5.41) is 9.11. The lowest BCUT2D eigenvalue weighted by molar-refractivity contribution is 0.0696. The molecule has 1 aromatic rings. The second-order valence-corrected chi connectivity index (χ2v) is 8.26. The molecule has 1 saturated carbocycles. The number of rotatable bonds is 4. The van der Waals surface area contributed by atoms with Gasteiger partial charge >= 0.3 is 5.97 Å². The lowest BCUT2D eigenvalue weighted by Crippen LogP contribution is -2.35. The molecule has 1 aromatic carbocycles. The van der Waals surface area contributed by atoms with Crippen LogP contribution in [0.1, 0.15) is 36.0 Å². The Balaban J connectivity index is 2.47. The van der Waals surface area contributed by atoms with E-state index in [2.05, 4.69) is 15.9 Å². The number of carboxylic acid groups (broad SMARTS) is 1. The molecule has 0 spiro atoms. The first kappa shape index (κ1) is 16.7. The number of benzene rings is 1.